The summed E-state index contributed by atoms with van der Waals surface area (Å²) in [7, 11) is 0. The molecule has 1 aromatic carbocycles. The molecule has 0 fully saturated rings. The van der Waals surface area contributed by atoms with E-state index in [0.717, 1.165) is 20.7 Å². The number of rotatable bonds is 4. The second kappa shape index (κ2) is 5.43. The van der Waals surface area contributed by atoms with Crippen molar-refractivity contribution < 1.29 is 4.74 Å². The van der Waals surface area contributed by atoms with Crippen molar-refractivity contribution in [2.45, 2.75) is 13.2 Å². The molecule has 0 atom stereocenters. The maximum Gasteiger partial charge on any atom is 0.124 e. The minimum atomic E-state index is 0.470. The highest BCUT2D eigenvalue weighted by atomic mass is 79.9. The summed E-state index contributed by atoms with van der Waals surface area (Å²) < 4.78 is 6.71. The first-order valence-electron chi connectivity index (χ1n) is 4.78. The van der Waals surface area contributed by atoms with E-state index < -0.39 is 0 Å². The van der Waals surface area contributed by atoms with Gasteiger partial charge in [-0.3, -0.25) is 4.98 Å². The second-order valence-corrected chi connectivity index (χ2v) is 5.10. The summed E-state index contributed by atoms with van der Waals surface area (Å²) in [4.78, 5) is 5.10. The first-order chi connectivity index (χ1) is 7.79. The van der Waals surface area contributed by atoms with Gasteiger partial charge in [0.2, 0.25) is 0 Å². The lowest BCUT2D eigenvalue weighted by Crippen LogP contribution is -2.02. The van der Waals surface area contributed by atoms with Crippen LogP contribution in [-0.4, -0.2) is 4.98 Å². The molecular formula is C11H11BrN2OS. The Hall–Kier alpha value is -0.910. The van der Waals surface area contributed by atoms with Crippen LogP contribution < -0.4 is 10.5 Å². The van der Waals surface area contributed by atoms with Crippen LogP contribution in [0.5, 0.6) is 5.75 Å². The van der Waals surface area contributed by atoms with Crippen molar-refractivity contribution in [1.82, 2.24) is 4.98 Å². The SMILES string of the molecule is NCc1cc(Br)ccc1OCc1cncs1. The monoisotopic (exact) mass is 298 g/mol. The number of nitrogens with two attached hydrogens (primary N) is 1. The highest BCUT2D eigenvalue weighted by Gasteiger charge is 2.04. The minimum Gasteiger partial charge on any atom is -0.488 e. The van der Waals surface area contributed by atoms with Gasteiger partial charge in [0.1, 0.15) is 12.4 Å². The Balaban J connectivity index is 2.09. The first-order valence-corrected chi connectivity index (χ1v) is 6.45. The Morgan fingerprint density at radius 2 is 2.31 bits per heavy atom. The highest BCUT2D eigenvalue weighted by Crippen LogP contribution is 2.24. The molecule has 84 valence electrons. The molecular weight excluding hydrogens is 288 g/mol. The van der Waals surface area contributed by atoms with Gasteiger partial charge in [0.25, 0.3) is 0 Å². The van der Waals surface area contributed by atoms with Gasteiger partial charge in [-0.2, -0.15) is 0 Å². The van der Waals surface area contributed by atoms with Crippen molar-refractivity contribution in [3.8, 4) is 5.75 Å². The van der Waals surface area contributed by atoms with E-state index in [1.807, 2.05) is 24.4 Å². The third-order valence-corrected chi connectivity index (χ3v) is 3.34. The summed E-state index contributed by atoms with van der Waals surface area (Å²) in [5.41, 5.74) is 8.45. The van der Waals surface area contributed by atoms with E-state index in [4.69, 9.17) is 10.5 Å². The molecule has 2 N–H and O–H groups in total. The normalized spacial score (nSPS) is 10.4. The molecule has 2 rings (SSSR count). The number of hydrogen-bond acceptors (Lipinski definition) is 4. The standard InChI is InChI=1S/C11H11BrN2OS/c12-9-1-2-11(8(3-9)4-13)15-6-10-5-14-7-16-10/h1-3,5,7H,4,6,13H2. The molecule has 0 amide bonds. The van der Waals surface area contributed by atoms with Gasteiger partial charge in [-0.1, -0.05) is 15.9 Å². The zero-order valence-electron chi connectivity index (χ0n) is 8.52. The third-order valence-electron chi connectivity index (χ3n) is 2.10. The fourth-order valence-corrected chi connectivity index (χ4v) is 2.22. The van der Waals surface area contributed by atoms with Gasteiger partial charge >= 0.3 is 0 Å². The maximum atomic E-state index is 5.70. The Labute approximate surface area is 106 Å². The van der Waals surface area contributed by atoms with Crippen LogP contribution in [0, 0.1) is 0 Å². The molecule has 0 saturated carbocycles. The molecule has 3 nitrogen and oxygen atoms in total. The van der Waals surface area contributed by atoms with Crippen molar-refractivity contribution >= 4 is 27.3 Å². The molecule has 1 aromatic heterocycles. The van der Waals surface area contributed by atoms with Crippen molar-refractivity contribution in [2.75, 3.05) is 0 Å². The predicted octanol–water partition coefficient (Wildman–Crippen LogP) is 2.94. The molecule has 0 aliphatic heterocycles. The van der Waals surface area contributed by atoms with Crippen LogP contribution in [0.2, 0.25) is 0 Å². The lowest BCUT2D eigenvalue weighted by molar-refractivity contribution is 0.306. The van der Waals surface area contributed by atoms with E-state index in [1.54, 1.807) is 16.8 Å². The van der Waals surface area contributed by atoms with Gasteiger partial charge in [-0.15, -0.1) is 11.3 Å². The molecule has 2 aromatic rings. The van der Waals surface area contributed by atoms with Crippen molar-refractivity contribution in [3.63, 3.8) is 0 Å². The fourth-order valence-electron chi connectivity index (χ4n) is 1.31. The van der Waals surface area contributed by atoms with Crippen LogP contribution in [-0.2, 0) is 13.2 Å². The van der Waals surface area contributed by atoms with Crippen molar-refractivity contribution in [2.24, 2.45) is 5.73 Å². The zero-order valence-corrected chi connectivity index (χ0v) is 10.9. The Morgan fingerprint density at radius 3 is 3.00 bits per heavy atom. The van der Waals surface area contributed by atoms with E-state index in [0.29, 0.717) is 13.2 Å². The lowest BCUT2D eigenvalue weighted by atomic mass is 10.2. The smallest absolute Gasteiger partial charge is 0.124 e. The Bertz CT molecular complexity index is 459. The van der Waals surface area contributed by atoms with Crippen molar-refractivity contribution in [3.05, 3.63) is 44.8 Å². The van der Waals surface area contributed by atoms with Crippen LogP contribution in [0.1, 0.15) is 10.4 Å². The lowest BCUT2D eigenvalue weighted by Gasteiger charge is -2.09. The summed E-state index contributed by atoms with van der Waals surface area (Å²) in [6.45, 7) is 1.01. The number of halogens is 1. The average molecular weight is 299 g/mol. The van der Waals surface area contributed by atoms with Gasteiger partial charge in [0.15, 0.2) is 0 Å². The third kappa shape index (κ3) is 2.81. The first kappa shape index (κ1) is 11.6. The fraction of sp³-hybridized carbons (Fsp3) is 0.182. The van der Waals surface area contributed by atoms with E-state index in [1.165, 1.54) is 0 Å². The largest absolute Gasteiger partial charge is 0.488 e. The van der Waals surface area contributed by atoms with Gasteiger partial charge < -0.3 is 10.5 Å². The van der Waals surface area contributed by atoms with Crippen LogP contribution in [0.3, 0.4) is 0 Å². The van der Waals surface area contributed by atoms with E-state index >= 15 is 0 Å². The van der Waals surface area contributed by atoms with Crippen LogP contribution in [0.25, 0.3) is 0 Å². The summed E-state index contributed by atoms with van der Waals surface area (Å²) in [5, 5.41) is 0. The molecule has 1 heterocycles. The van der Waals surface area contributed by atoms with E-state index in [9.17, 15) is 0 Å². The minimum absolute atomic E-state index is 0.470. The van der Waals surface area contributed by atoms with Crippen molar-refractivity contribution in [1.29, 1.82) is 0 Å². The Kier molecular flexibility index (Phi) is 3.93. The zero-order chi connectivity index (χ0) is 11.4. The summed E-state index contributed by atoms with van der Waals surface area (Å²) in [5.74, 6) is 0.833. The quantitative estimate of drug-likeness (QED) is 0.944. The molecule has 0 spiro atoms. The molecule has 0 aliphatic carbocycles. The summed E-state index contributed by atoms with van der Waals surface area (Å²) in [6, 6.07) is 5.84. The van der Waals surface area contributed by atoms with E-state index in [2.05, 4.69) is 20.9 Å². The number of benzene rings is 1. The number of hydrogen-bond donors (Lipinski definition) is 1. The van der Waals surface area contributed by atoms with Crippen LogP contribution in [0.15, 0.2) is 34.4 Å². The average Bonchev–Trinajstić information content (AvgIpc) is 2.80. The predicted molar refractivity (Wildman–Crippen MR) is 68.5 cm³/mol. The van der Waals surface area contributed by atoms with Gasteiger partial charge in [0, 0.05) is 22.8 Å². The molecule has 0 unspecified atom stereocenters. The molecule has 0 bridgehead atoms. The summed E-state index contributed by atoms with van der Waals surface area (Å²) >= 11 is 4.99. The molecule has 0 aliphatic rings. The number of nitrogens with zero attached hydrogens (tertiary/aromatic N) is 1. The molecule has 16 heavy (non-hydrogen) atoms. The van der Waals surface area contributed by atoms with E-state index in [-0.39, 0.29) is 0 Å². The van der Waals surface area contributed by atoms with Crippen LogP contribution in [0.4, 0.5) is 0 Å². The number of thiazole rings is 1. The summed E-state index contributed by atoms with van der Waals surface area (Å²) in [6.07, 6.45) is 1.81. The number of ether oxygens (including phenoxy) is 1. The van der Waals surface area contributed by atoms with Gasteiger partial charge in [0.05, 0.1) is 10.4 Å². The topological polar surface area (TPSA) is 48.1 Å². The van der Waals surface area contributed by atoms with Gasteiger partial charge in [-0.25, -0.2) is 0 Å². The second-order valence-electron chi connectivity index (χ2n) is 3.21. The molecule has 5 heteroatoms. The van der Waals surface area contributed by atoms with Gasteiger partial charge in [-0.05, 0) is 18.2 Å². The molecule has 0 radical (unpaired) electrons. The molecule has 0 saturated heterocycles. The number of aromatic nitrogens is 1. The highest BCUT2D eigenvalue weighted by molar-refractivity contribution is 9.10. The van der Waals surface area contributed by atoms with Crippen LogP contribution >= 0.6 is 27.3 Å². The maximum absolute atomic E-state index is 5.70. The Morgan fingerprint density at radius 1 is 1.44 bits per heavy atom.